The molecule has 1 saturated carbocycles. The maximum absolute atomic E-state index is 14.1. The number of hydrogen-bond acceptors (Lipinski definition) is 5. The van der Waals surface area contributed by atoms with Gasteiger partial charge in [-0.3, -0.25) is 9.59 Å². The highest BCUT2D eigenvalue weighted by Crippen LogP contribution is 2.45. The quantitative estimate of drug-likeness (QED) is 0.384. The molecule has 37 heavy (non-hydrogen) atoms. The zero-order valence-electron chi connectivity index (χ0n) is 20.2. The average molecular weight is 507 g/mol. The Bertz CT molecular complexity index is 1550. The molecule has 8 nitrogen and oxygen atoms in total. The van der Waals surface area contributed by atoms with Crippen molar-refractivity contribution in [2.45, 2.75) is 51.6 Å². The summed E-state index contributed by atoms with van der Waals surface area (Å²) in [6.45, 7) is 3.71. The van der Waals surface area contributed by atoms with Gasteiger partial charge in [0.05, 0.1) is 28.7 Å². The minimum atomic E-state index is -1.03. The van der Waals surface area contributed by atoms with Crippen LogP contribution in [-0.4, -0.2) is 31.7 Å². The number of hydrogen-bond donors (Lipinski definition) is 1. The highest BCUT2D eigenvalue weighted by molar-refractivity contribution is 5.96. The minimum Gasteiger partial charge on any atom is -0.481 e. The number of amides is 1. The standard InChI is InChI=1S/C27H24F2N4O4/c1-13-25(14(2)37-31-13)15-3-6-22-21(11-15)30-26(33(22)18-9-16(10-18)27(35)36)23-7-8-24(34)32(23)17-4-5-19(28)20(29)12-17/h3-6,11-12,16,18,23H,7-10H2,1-2H3,(H,35,36). The van der Waals surface area contributed by atoms with Gasteiger partial charge in [-0.25, -0.2) is 13.8 Å². The summed E-state index contributed by atoms with van der Waals surface area (Å²) in [5.41, 5.74) is 4.30. The third-order valence-electron chi connectivity index (χ3n) is 7.56. The number of aryl methyl sites for hydroxylation is 2. The van der Waals surface area contributed by atoms with Gasteiger partial charge in [0.25, 0.3) is 0 Å². The minimum absolute atomic E-state index is 0.103. The summed E-state index contributed by atoms with van der Waals surface area (Å²) in [6, 6.07) is 8.66. The second kappa shape index (κ2) is 8.50. The van der Waals surface area contributed by atoms with Gasteiger partial charge in [0.15, 0.2) is 11.6 Å². The van der Waals surface area contributed by atoms with Gasteiger partial charge < -0.3 is 19.1 Å². The van der Waals surface area contributed by atoms with Crippen molar-refractivity contribution >= 4 is 28.6 Å². The number of fused-ring (bicyclic) bond motifs is 1. The van der Waals surface area contributed by atoms with Crippen molar-refractivity contribution in [3.63, 3.8) is 0 Å². The Morgan fingerprint density at radius 3 is 2.57 bits per heavy atom. The monoisotopic (exact) mass is 506 g/mol. The zero-order chi connectivity index (χ0) is 26.0. The van der Waals surface area contributed by atoms with Crippen LogP contribution < -0.4 is 4.90 Å². The van der Waals surface area contributed by atoms with Gasteiger partial charge in [-0.05, 0) is 62.9 Å². The number of carboxylic acid groups (broad SMARTS) is 1. The third-order valence-corrected chi connectivity index (χ3v) is 7.56. The molecule has 4 aromatic rings. The smallest absolute Gasteiger partial charge is 0.306 e. The van der Waals surface area contributed by atoms with Crippen LogP contribution in [0.25, 0.3) is 22.2 Å². The molecule has 1 N–H and O–H groups in total. The lowest BCUT2D eigenvalue weighted by Crippen LogP contribution is -2.35. The van der Waals surface area contributed by atoms with E-state index in [1.54, 1.807) is 0 Å². The number of benzene rings is 2. The Balaban J connectivity index is 1.49. The summed E-state index contributed by atoms with van der Waals surface area (Å²) in [5, 5.41) is 13.5. The lowest BCUT2D eigenvalue weighted by molar-refractivity contribution is -0.146. The van der Waals surface area contributed by atoms with Crippen molar-refractivity contribution < 1.29 is 28.0 Å². The molecule has 3 heterocycles. The Labute approximate surface area is 210 Å². The van der Waals surface area contributed by atoms with E-state index >= 15 is 0 Å². The van der Waals surface area contributed by atoms with Crippen molar-refractivity contribution in [3.05, 3.63) is 65.3 Å². The van der Waals surface area contributed by atoms with Gasteiger partial charge in [0.1, 0.15) is 11.6 Å². The number of carbonyl (C=O) groups excluding carboxylic acids is 1. The van der Waals surface area contributed by atoms with Crippen LogP contribution in [0.3, 0.4) is 0 Å². The normalized spacial score (nSPS) is 21.6. The van der Waals surface area contributed by atoms with Gasteiger partial charge in [0.2, 0.25) is 5.91 Å². The lowest BCUT2D eigenvalue weighted by atomic mass is 9.80. The van der Waals surface area contributed by atoms with E-state index < -0.39 is 29.6 Å². The molecule has 10 heteroatoms. The Hall–Kier alpha value is -4.08. The maximum atomic E-state index is 14.1. The van der Waals surface area contributed by atoms with E-state index in [4.69, 9.17) is 9.51 Å². The van der Waals surface area contributed by atoms with Crippen LogP contribution in [0, 0.1) is 31.4 Å². The molecule has 2 aliphatic rings. The summed E-state index contributed by atoms with van der Waals surface area (Å²) in [7, 11) is 0. The van der Waals surface area contributed by atoms with E-state index in [0.717, 1.165) is 34.5 Å². The van der Waals surface area contributed by atoms with Crippen LogP contribution in [0.4, 0.5) is 14.5 Å². The van der Waals surface area contributed by atoms with Crippen LogP contribution in [0.5, 0.6) is 0 Å². The van der Waals surface area contributed by atoms with Gasteiger partial charge in [-0.1, -0.05) is 11.2 Å². The van der Waals surface area contributed by atoms with E-state index in [2.05, 4.69) is 5.16 Å². The van der Waals surface area contributed by atoms with E-state index in [1.165, 1.54) is 11.0 Å². The predicted octanol–water partition coefficient (Wildman–Crippen LogP) is 5.49. The van der Waals surface area contributed by atoms with Crippen molar-refractivity contribution in [1.29, 1.82) is 0 Å². The number of carboxylic acids is 1. The Kier molecular flexibility index (Phi) is 5.36. The largest absolute Gasteiger partial charge is 0.481 e. The molecule has 1 unspecified atom stereocenters. The van der Waals surface area contributed by atoms with Gasteiger partial charge >= 0.3 is 5.97 Å². The number of carbonyl (C=O) groups is 2. The molecular formula is C27H24F2N4O4. The summed E-state index contributed by atoms with van der Waals surface area (Å²) < 4.78 is 35.1. The summed E-state index contributed by atoms with van der Waals surface area (Å²) in [5.74, 6) is -2.20. The Morgan fingerprint density at radius 1 is 1.11 bits per heavy atom. The van der Waals surface area contributed by atoms with Gasteiger partial charge in [-0.2, -0.15) is 0 Å². The molecule has 0 spiro atoms. The molecule has 1 atom stereocenters. The van der Waals surface area contributed by atoms with Crippen LogP contribution >= 0.6 is 0 Å². The number of aromatic nitrogens is 3. The number of nitrogens with zero attached hydrogens (tertiary/aromatic N) is 4. The first kappa shape index (κ1) is 23.3. The summed E-state index contributed by atoms with van der Waals surface area (Å²) in [6.07, 6.45) is 1.59. The topological polar surface area (TPSA) is 101 Å². The molecule has 1 saturated heterocycles. The molecule has 1 aliphatic carbocycles. The van der Waals surface area contributed by atoms with Crippen molar-refractivity contribution in [1.82, 2.24) is 14.7 Å². The first-order valence-electron chi connectivity index (χ1n) is 12.2. The summed E-state index contributed by atoms with van der Waals surface area (Å²) in [4.78, 5) is 30.9. The van der Waals surface area contributed by atoms with E-state index in [0.29, 0.717) is 36.4 Å². The SMILES string of the molecule is Cc1noc(C)c1-c1ccc2c(c1)nc(C1CCC(=O)N1c1ccc(F)c(F)c1)n2C1CC(C(=O)O)C1. The fourth-order valence-electron chi connectivity index (χ4n) is 5.67. The van der Waals surface area contributed by atoms with E-state index in [-0.39, 0.29) is 24.1 Å². The lowest BCUT2D eigenvalue weighted by Gasteiger charge is -2.36. The molecule has 2 fully saturated rings. The second-order valence-electron chi connectivity index (χ2n) is 9.82. The first-order chi connectivity index (χ1) is 17.7. The molecule has 6 rings (SSSR count). The number of aliphatic carboxylic acids is 1. The number of rotatable bonds is 5. The van der Waals surface area contributed by atoms with Crippen LogP contribution in [0.15, 0.2) is 40.9 Å². The molecular weight excluding hydrogens is 482 g/mol. The molecule has 1 aliphatic heterocycles. The van der Waals surface area contributed by atoms with Crippen molar-refractivity contribution in [2.75, 3.05) is 4.90 Å². The highest BCUT2D eigenvalue weighted by atomic mass is 19.2. The number of halogens is 2. The molecule has 0 bridgehead atoms. The molecule has 0 radical (unpaired) electrons. The third kappa shape index (κ3) is 3.70. The zero-order valence-corrected chi connectivity index (χ0v) is 20.2. The molecule has 1 amide bonds. The molecule has 2 aromatic heterocycles. The first-order valence-corrected chi connectivity index (χ1v) is 12.2. The fraction of sp³-hybridized carbons (Fsp3) is 0.333. The van der Waals surface area contributed by atoms with Gasteiger partial charge in [-0.15, -0.1) is 0 Å². The van der Waals surface area contributed by atoms with Crippen LogP contribution in [0.1, 0.15) is 55.0 Å². The van der Waals surface area contributed by atoms with Crippen LogP contribution in [-0.2, 0) is 9.59 Å². The summed E-state index contributed by atoms with van der Waals surface area (Å²) >= 11 is 0. The molecule has 190 valence electrons. The maximum Gasteiger partial charge on any atom is 0.306 e. The van der Waals surface area contributed by atoms with E-state index in [1.807, 2.05) is 36.6 Å². The van der Waals surface area contributed by atoms with Crippen molar-refractivity contribution in [2.24, 2.45) is 5.92 Å². The fourth-order valence-corrected chi connectivity index (χ4v) is 5.67. The van der Waals surface area contributed by atoms with Crippen LogP contribution in [0.2, 0.25) is 0 Å². The molecule has 2 aromatic carbocycles. The Morgan fingerprint density at radius 2 is 1.89 bits per heavy atom. The number of imidazole rings is 1. The highest BCUT2D eigenvalue weighted by Gasteiger charge is 2.42. The number of anilines is 1. The second-order valence-corrected chi connectivity index (χ2v) is 9.82. The average Bonchev–Trinajstić information content (AvgIpc) is 3.49. The van der Waals surface area contributed by atoms with Gasteiger partial charge in [0, 0.05) is 29.8 Å². The van der Waals surface area contributed by atoms with Crippen molar-refractivity contribution in [3.8, 4) is 11.1 Å². The van der Waals surface area contributed by atoms with E-state index in [9.17, 15) is 23.5 Å². The predicted molar refractivity (Wildman–Crippen MR) is 130 cm³/mol.